The minimum absolute atomic E-state index is 0.161. The van der Waals surface area contributed by atoms with Crippen molar-refractivity contribution in [1.82, 2.24) is 9.78 Å². The highest BCUT2D eigenvalue weighted by molar-refractivity contribution is 6.63. The maximum absolute atomic E-state index is 11.8. The summed E-state index contributed by atoms with van der Waals surface area (Å²) in [5.74, 6) is 0. The summed E-state index contributed by atoms with van der Waals surface area (Å²) in [6, 6.07) is 7.48. The molecule has 104 valence electrons. The number of carbonyl (C=O) groups is 1. The summed E-state index contributed by atoms with van der Waals surface area (Å²) in [5.41, 5.74) is 3.65. The molecule has 0 amide bonds. The predicted octanol–water partition coefficient (Wildman–Crippen LogP) is 2.47. The number of nitrogens with zero attached hydrogens (tertiary/aromatic N) is 2. The van der Waals surface area contributed by atoms with Crippen molar-refractivity contribution in [3.05, 3.63) is 57.0 Å². The third kappa shape index (κ3) is 2.96. The highest BCUT2D eigenvalue weighted by atomic mass is 35.5. The van der Waals surface area contributed by atoms with Crippen LogP contribution in [0, 0.1) is 20.8 Å². The van der Waals surface area contributed by atoms with E-state index >= 15 is 0 Å². The first-order valence-electron chi connectivity index (χ1n) is 6.24. The third-order valence-electron chi connectivity index (χ3n) is 3.08. The topological polar surface area (TPSA) is 52.0 Å². The molecule has 0 aliphatic rings. The van der Waals surface area contributed by atoms with E-state index in [4.69, 9.17) is 11.6 Å². The van der Waals surface area contributed by atoms with Crippen molar-refractivity contribution in [3.63, 3.8) is 0 Å². The number of benzene rings is 1. The van der Waals surface area contributed by atoms with Gasteiger partial charge in [-0.2, -0.15) is 5.10 Å². The van der Waals surface area contributed by atoms with Crippen LogP contribution in [-0.4, -0.2) is 15.0 Å². The van der Waals surface area contributed by atoms with Crippen LogP contribution in [0.15, 0.2) is 29.1 Å². The lowest BCUT2D eigenvalue weighted by atomic mass is 10.1. The number of rotatable bonds is 3. The van der Waals surface area contributed by atoms with Crippen molar-refractivity contribution in [2.45, 2.75) is 27.2 Å². The Morgan fingerprint density at radius 1 is 1.25 bits per heavy atom. The van der Waals surface area contributed by atoms with Crippen molar-refractivity contribution >= 4 is 16.8 Å². The van der Waals surface area contributed by atoms with Crippen LogP contribution in [0.25, 0.3) is 5.69 Å². The molecular weight excluding hydrogens is 276 g/mol. The quantitative estimate of drug-likeness (QED) is 0.816. The van der Waals surface area contributed by atoms with Crippen molar-refractivity contribution in [3.8, 4) is 5.69 Å². The van der Waals surface area contributed by atoms with Crippen LogP contribution in [0.5, 0.6) is 0 Å². The number of aryl methyl sites for hydroxylation is 3. The lowest BCUT2D eigenvalue weighted by Gasteiger charge is -2.13. The van der Waals surface area contributed by atoms with Crippen LogP contribution in [0.2, 0.25) is 0 Å². The van der Waals surface area contributed by atoms with Crippen LogP contribution >= 0.6 is 11.6 Å². The van der Waals surface area contributed by atoms with Gasteiger partial charge in [0.2, 0.25) is 10.7 Å². The molecule has 0 bridgehead atoms. The zero-order chi connectivity index (χ0) is 14.9. The maximum atomic E-state index is 11.8. The lowest BCUT2D eigenvalue weighted by Crippen LogP contribution is -2.20. The second-order valence-corrected chi connectivity index (χ2v) is 5.25. The first-order valence-corrected chi connectivity index (χ1v) is 6.62. The minimum Gasteiger partial charge on any atom is -0.288 e. The standard InChI is InChI=1S/C15H15ClN2O2/c1-9-4-5-10(2)13(6-9)18-11(3)7-14(19)12(17-18)8-15(16)20/h4-7H,8H2,1-3H3. The Kier molecular flexibility index (Phi) is 4.04. The summed E-state index contributed by atoms with van der Waals surface area (Å²) in [6.07, 6.45) is -0.161. The van der Waals surface area contributed by atoms with Gasteiger partial charge in [0.1, 0.15) is 5.69 Å². The van der Waals surface area contributed by atoms with E-state index in [1.165, 1.54) is 6.07 Å². The summed E-state index contributed by atoms with van der Waals surface area (Å²) in [7, 11) is 0. The zero-order valence-corrected chi connectivity index (χ0v) is 12.4. The van der Waals surface area contributed by atoms with Crippen LogP contribution in [0.4, 0.5) is 0 Å². The van der Waals surface area contributed by atoms with Crippen molar-refractivity contribution in [1.29, 1.82) is 0 Å². The van der Waals surface area contributed by atoms with Gasteiger partial charge in [0, 0.05) is 11.8 Å². The Labute approximate surface area is 122 Å². The summed E-state index contributed by atoms with van der Waals surface area (Å²) >= 11 is 5.35. The Morgan fingerprint density at radius 3 is 2.60 bits per heavy atom. The van der Waals surface area contributed by atoms with Gasteiger partial charge in [0.15, 0.2) is 0 Å². The molecule has 2 rings (SSSR count). The van der Waals surface area contributed by atoms with Crippen LogP contribution < -0.4 is 5.43 Å². The van der Waals surface area contributed by atoms with Gasteiger partial charge in [0.25, 0.3) is 0 Å². The van der Waals surface area contributed by atoms with E-state index in [9.17, 15) is 9.59 Å². The summed E-state index contributed by atoms with van der Waals surface area (Å²) in [5, 5.41) is 3.69. The lowest BCUT2D eigenvalue weighted by molar-refractivity contribution is -0.111. The molecule has 0 atom stereocenters. The minimum atomic E-state index is -0.592. The molecule has 2 aromatic rings. The Balaban J connectivity index is 2.64. The Bertz CT molecular complexity index is 735. The second kappa shape index (κ2) is 5.59. The number of hydrogen-bond acceptors (Lipinski definition) is 3. The van der Waals surface area contributed by atoms with Crippen LogP contribution in [0.3, 0.4) is 0 Å². The Hall–Kier alpha value is -1.94. The summed E-state index contributed by atoms with van der Waals surface area (Å²) in [4.78, 5) is 22.8. The third-order valence-corrected chi connectivity index (χ3v) is 3.21. The van der Waals surface area contributed by atoms with Gasteiger partial charge in [0.05, 0.1) is 12.1 Å². The van der Waals surface area contributed by atoms with Crippen LogP contribution in [0.1, 0.15) is 22.5 Å². The van der Waals surface area contributed by atoms with E-state index in [1.54, 1.807) is 4.68 Å². The van der Waals surface area contributed by atoms with E-state index in [-0.39, 0.29) is 17.5 Å². The van der Waals surface area contributed by atoms with Crippen molar-refractivity contribution in [2.75, 3.05) is 0 Å². The van der Waals surface area contributed by atoms with Crippen LogP contribution in [-0.2, 0) is 11.2 Å². The zero-order valence-electron chi connectivity index (χ0n) is 11.6. The predicted molar refractivity (Wildman–Crippen MR) is 78.6 cm³/mol. The molecule has 1 aromatic heterocycles. The largest absolute Gasteiger partial charge is 0.288 e. The molecule has 1 aromatic carbocycles. The highest BCUT2D eigenvalue weighted by Gasteiger charge is 2.11. The second-order valence-electron chi connectivity index (χ2n) is 4.83. The summed E-state index contributed by atoms with van der Waals surface area (Å²) in [6.45, 7) is 5.77. The van der Waals surface area contributed by atoms with E-state index in [0.29, 0.717) is 0 Å². The fraction of sp³-hybridized carbons (Fsp3) is 0.267. The first-order chi connectivity index (χ1) is 9.38. The van der Waals surface area contributed by atoms with Gasteiger partial charge in [-0.15, -0.1) is 0 Å². The highest BCUT2D eigenvalue weighted by Crippen LogP contribution is 2.16. The normalized spacial score (nSPS) is 10.6. The van der Waals surface area contributed by atoms with Gasteiger partial charge < -0.3 is 0 Å². The van der Waals surface area contributed by atoms with Crippen molar-refractivity contribution in [2.24, 2.45) is 0 Å². The number of halogens is 1. The van der Waals surface area contributed by atoms with Crippen molar-refractivity contribution < 1.29 is 4.79 Å². The first kappa shape index (κ1) is 14.5. The van der Waals surface area contributed by atoms with E-state index in [0.717, 1.165) is 22.5 Å². The molecule has 0 radical (unpaired) electrons. The van der Waals surface area contributed by atoms with Gasteiger partial charge in [-0.3, -0.25) is 9.59 Å². The maximum Gasteiger partial charge on any atom is 0.227 e. The van der Waals surface area contributed by atoms with E-state index < -0.39 is 5.24 Å². The number of hydrogen-bond donors (Lipinski definition) is 0. The fourth-order valence-electron chi connectivity index (χ4n) is 2.03. The monoisotopic (exact) mass is 290 g/mol. The van der Waals surface area contributed by atoms with E-state index in [1.807, 2.05) is 39.0 Å². The summed E-state index contributed by atoms with van der Waals surface area (Å²) < 4.78 is 1.68. The molecule has 0 saturated heterocycles. The molecule has 0 N–H and O–H groups in total. The number of carbonyl (C=O) groups excluding carboxylic acids is 1. The molecule has 0 unspecified atom stereocenters. The molecule has 0 fully saturated rings. The fourth-order valence-corrected chi connectivity index (χ4v) is 2.16. The molecular formula is C15H15ClN2O2. The molecule has 0 spiro atoms. The molecule has 0 aliphatic heterocycles. The van der Waals surface area contributed by atoms with E-state index in [2.05, 4.69) is 5.10 Å². The molecule has 5 heteroatoms. The molecule has 4 nitrogen and oxygen atoms in total. The van der Waals surface area contributed by atoms with Gasteiger partial charge >= 0.3 is 0 Å². The smallest absolute Gasteiger partial charge is 0.227 e. The Morgan fingerprint density at radius 2 is 1.95 bits per heavy atom. The van der Waals surface area contributed by atoms with Gasteiger partial charge in [-0.1, -0.05) is 12.1 Å². The number of aromatic nitrogens is 2. The van der Waals surface area contributed by atoms with Gasteiger partial charge in [-0.05, 0) is 49.6 Å². The van der Waals surface area contributed by atoms with Gasteiger partial charge in [-0.25, -0.2) is 4.68 Å². The SMILES string of the molecule is Cc1ccc(C)c(-n2nc(CC(=O)Cl)c(=O)cc2C)c1. The molecule has 0 aliphatic carbocycles. The molecule has 0 saturated carbocycles. The average molecular weight is 291 g/mol. The molecule has 20 heavy (non-hydrogen) atoms. The average Bonchev–Trinajstić information content (AvgIpc) is 2.35. The molecule has 1 heterocycles.